The minimum absolute atomic E-state index is 0.0330. The predicted molar refractivity (Wildman–Crippen MR) is 151 cm³/mol. The van der Waals surface area contributed by atoms with E-state index in [0.29, 0.717) is 34.9 Å². The Bertz CT molecular complexity index is 1530. The molecule has 0 atom stereocenters. The summed E-state index contributed by atoms with van der Waals surface area (Å²) in [5, 5.41) is 19.0. The molecule has 0 saturated carbocycles. The number of rotatable bonds is 9. The molecule has 0 spiro atoms. The first-order valence-electron chi connectivity index (χ1n) is 12.9. The van der Waals surface area contributed by atoms with E-state index >= 15 is 0 Å². The number of ketones is 1. The lowest BCUT2D eigenvalue weighted by Gasteiger charge is -2.14. The fourth-order valence-corrected chi connectivity index (χ4v) is 3.88. The van der Waals surface area contributed by atoms with Crippen molar-refractivity contribution in [3.63, 3.8) is 0 Å². The van der Waals surface area contributed by atoms with Gasteiger partial charge in [0.1, 0.15) is 23.1 Å². The first-order chi connectivity index (χ1) is 19.0. The molecule has 0 aliphatic rings. The van der Waals surface area contributed by atoms with Crippen LogP contribution < -0.4 is 15.4 Å². The number of aliphatic hydroxyl groups is 1. The number of aryl methyl sites for hydroxylation is 1. The van der Waals surface area contributed by atoms with Crippen molar-refractivity contribution < 1.29 is 23.8 Å². The molecule has 2 amide bonds. The molecule has 40 heavy (non-hydrogen) atoms. The molecule has 0 aliphatic heterocycles. The third kappa shape index (κ3) is 7.09. The van der Waals surface area contributed by atoms with Crippen LogP contribution in [0.25, 0.3) is 5.69 Å². The summed E-state index contributed by atoms with van der Waals surface area (Å²) in [5.74, 6) is 0.364. The minimum Gasteiger partial charge on any atom is -0.457 e. The third-order valence-corrected chi connectivity index (χ3v) is 5.99. The summed E-state index contributed by atoms with van der Waals surface area (Å²) >= 11 is 0. The van der Waals surface area contributed by atoms with E-state index in [0.717, 1.165) is 5.69 Å². The second-order valence-electron chi connectivity index (χ2n) is 10.3. The Kier molecular flexibility index (Phi) is 8.59. The van der Waals surface area contributed by atoms with Crippen LogP contribution in [0.4, 0.5) is 20.7 Å². The number of halogens is 1. The summed E-state index contributed by atoms with van der Waals surface area (Å²) in [6.07, 6.45) is 2.19. The van der Waals surface area contributed by atoms with E-state index in [1.807, 2.05) is 27.7 Å². The molecule has 0 fully saturated rings. The average molecular weight is 546 g/mol. The molecule has 0 unspecified atom stereocenters. The number of anilines is 2. The SMILES string of the molecule is Cc1cc(Oc2ccc(NC(=O)Nc3cc(C(C)(C)C)nn3-c3cccc(C(=O)CCCO)c3)c(F)c2)ccn1. The predicted octanol–water partition coefficient (Wildman–Crippen LogP) is 6.40. The van der Waals surface area contributed by atoms with Crippen LogP contribution in [-0.4, -0.2) is 38.3 Å². The van der Waals surface area contributed by atoms with Crippen molar-refractivity contribution in [2.45, 2.75) is 46.0 Å². The van der Waals surface area contributed by atoms with Gasteiger partial charge in [0.05, 0.1) is 17.1 Å². The van der Waals surface area contributed by atoms with Crippen molar-refractivity contribution in [2.75, 3.05) is 17.2 Å². The number of carbonyl (C=O) groups is 2. The first kappa shape index (κ1) is 28.4. The van der Waals surface area contributed by atoms with Gasteiger partial charge in [0.25, 0.3) is 0 Å². The highest BCUT2D eigenvalue weighted by molar-refractivity contribution is 6.00. The fourth-order valence-electron chi connectivity index (χ4n) is 3.88. The van der Waals surface area contributed by atoms with Gasteiger partial charge in [-0.15, -0.1) is 0 Å². The third-order valence-electron chi connectivity index (χ3n) is 5.99. The summed E-state index contributed by atoms with van der Waals surface area (Å²) in [5.41, 5.74) is 2.15. The summed E-state index contributed by atoms with van der Waals surface area (Å²) in [7, 11) is 0. The van der Waals surface area contributed by atoms with Gasteiger partial charge in [-0.1, -0.05) is 32.9 Å². The van der Waals surface area contributed by atoms with Crippen LogP contribution in [0.1, 0.15) is 55.4 Å². The van der Waals surface area contributed by atoms with Crippen LogP contribution >= 0.6 is 0 Å². The number of ether oxygens (including phenoxy) is 1. The smallest absolute Gasteiger partial charge is 0.324 e. The number of urea groups is 1. The molecule has 0 bridgehead atoms. The summed E-state index contributed by atoms with van der Waals surface area (Å²) in [4.78, 5) is 29.6. The number of hydrogen-bond acceptors (Lipinski definition) is 6. The average Bonchev–Trinajstić information content (AvgIpc) is 3.33. The van der Waals surface area contributed by atoms with Gasteiger partial charge in [-0.2, -0.15) is 5.10 Å². The van der Waals surface area contributed by atoms with Crippen LogP contribution in [0.15, 0.2) is 66.9 Å². The van der Waals surface area contributed by atoms with Gasteiger partial charge in [-0.25, -0.2) is 13.9 Å². The van der Waals surface area contributed by atoms with Gasteiger partial charge in [0, 0.05) is 54.1 Å². The quantitative estimate of drug-likeness (QED) is 0.209. The molecule has 10 heteroatoms. The standard InChI is InChI=1S/C30H32FN5O4/c1-19-15-23(12-13-32-19)40-22-10-11-25(24(31)17-22)33-29(39)34-28-18-27(30(2,3)4)35-36(28)21-8-5-7-20(16-21)26(38)9-6-14-37/h5,7-8,10-13,15-18,37H,6,9,14H2,1-4H3,(H2,33,34,39). The van der Waals surface area contributed by atoms with Gasteiger partial charge in [0.2, 0.25) is 0 Å². The number of nitrogens with one attached hydrogen (secondary N) is 2. The lowest BCUT2D eigenvalue weighted by molar-refractivity contribution is 0.0971. The molecule has 0 aliphatic carbocycles. The summed E-state index contributed by atoms with van der Waals surface area (Å²) in [6, 6.07) is 15.5. The van der Waals surface area contributed by atoms with Crippen LogP contribution in [0, 0.1) is 12.7 Å². The number of pyridine rings is 1. The highest BCUT2D eigenvalue weighted by atomic mass is 19.1. The zero-order valence-corrected chi connectivity index (χ0v) is 22.9. The number of hydrogen-bond donors (Lipinski definition) is 3. The van der Waals surface area contributed by atoms with Crippen LogP contribution in [-0.2, 0) is 5.41 Å². The van der Waals surface area contributed by atoms with Crippen molar-refractivity contribution in [3.8, 4) is 17.2 Å². The Balaban J connectivity index is 1.54. The van der Waals surface area contributed by atoms with Crippen molar-refractivity contribution in [1.29, 1.82) is 0 Å². The second kappa shape index (κ2) is 12.1. The molecule has 3 N–H and O–H groups in total. The molecule has 4 rings (SSSR count). The van der Waals surface area contributed by atoms with Gasteiger partial charge >= 0.3 is 6.03 Å². The number of aromatic nitrogens is 3. The van der Waals surface area contributed by atoms with Gasteiger partial charge in [-0.3, -0.25) is 15.1 Å². The van der Waals surface area contributed by atoms with Crippen LogP contribution in [0.5, 0.6) is 11.5 Å². The molecular weight excluding hydrogens is 513 g/mol. The van der Waals surface area contributed by atoms with Crippen molar-refractivity contribution in [1.82, 2.24) is 14.8 Å². The molecular formula is C30H32FN5O4. The number of benzene rings is 2. The number of amides is 2. The molecule has 9 nitrogen and oxygen atoms in total. The maximum Gasteiger partial charge on any atom is 0.324 e. The Morgan fingerprint density at radius 3 is 2.50 bits per heavy atom. The number of aliphatic hydroxyl groups excluding tert-OH is 1. The van der Waals surface area contributed by atoms with E-state index in [4.69, 9.17) is 9.84 Å². The lowest BCUT2D eigenvalue weighted by Crippen LogP contribution is -2.22. The topological polar surface area (TPSA) is 118 Å². The normalized spacial score (nSPS) is 11.2. The van der Waals surface area contributed by atoms with Crippen LogP contribution in [0.3, 0.4) is 0 Å². The Morgan fingerprint density at radius 2 is 1.80 bits per heavy atom. The van der Waals surface area contributed by atoms with Gasteiger partial charge in [0.15, 0.2) is 5.78 Å². The minimum atomic E-state index is -0.672. The molecule has 2 aromatic carbocycles. The van der Waals surface area contributed by atoms with Crippen molar-refractivity contribution in [2.24, 2.45) is 0 Å². The first-order valence-corrected chi connectivity index (χ1v) is 12.9. The highest BCUT2D eigenvalue weighted by Gasteiger charge is 2.22. The zero-order valence-electron chi connectivity index (χ0n) is 22.9. The summed E-state index contributed by atoms with van der Waals surface area (Å²) in [6.45, 7) is 7.73. The number of Topliss-reactive ketones (excluding diaryl/α,β-unsaturated/α-hetero) is 1. The molecule has 208 valence electrons. The summed E-state index contributed by atoms with van der Waals surface area (Å²) < 4.78 is 22.1. The monoisotopic (exact) mass is 545 g/mol. The molecule has 0 radical (unpaired) electrons. The van der Waals surface area contributed by atoms with Crippen molar-refractivity contribution >= 4 is 23.3 Å². The Labute approximate surface area is 232 Å². The molecule has 2 aromatic heterocycles. The van der Waals surface area contributed by atoms with E-state index in [1.54, 1.807) is 54.7 Å². The Hall–Kier alpha value is -4.57. The highest BCUT2D eigenvalue weighted by Crippen LogP contribution is 2.28. The molecule has 4 aromatic rings. The van der Waals surface area contributed by atoms with Gasteiger partial charge < -0.3 is 15.2 Å². The maximum atomic E-state index is 14.8. The molecule has 2 heterocycles. The largest absolute Gasteiger partial charge is 0.457 e. The van der Waals surface area contributed by atoms with E-state index in [2.05, 4.69) is 20.7 Å². The fraction of sp³-hybridized carbons (Fsp3) is 0.267. The lowest BCUT2D eigenvalue weighted by atomic mass is 9.92. The maximum absolute atomic E-state index is 14.8. The number of carbonyl (C=O) groups excluding carboxylic acids is 2. The number of nitrogens with zero attached hydrogens (tertiary/aromatic N) is 3. The van der Waals surface area contributed by atoms with E-state index in [-0.39, 0.29) is 35.7 Å². The Morgan fingerprint density at radius 1 is 1.02 bits per heavy atom. The van der Waals surface area contributed by atoms with E-state index < -0.39 is 11.8 Å². The van der Waals surface area contributed by atoms with Crippen molar-refractivity contribution in [3.05, 3.63) is 89.6 Å². The zero-order chi connectivity index (χ0) is 28.9. The van der Waals surface area contributed by atoms with Crippen LogP contribution in [0.2, 0.25) is 0 Å². The van der Waals surface area contributed by atoms with E-state index in [9.17, 15) is 14.0 Å². The van der Waals surface area contributed by atoms with E-state index in [1.165, 1.54) is 16.8 Å². The van der Waals surface area contributed by atoms with Gasteiger partial charge in [-0.05, 0) is 43.7 Å². The second-order valence-corrected chi connectivity index (χ2v) is 10.3. The molecule has 0 saturated heterocycles.